The van der Waals surface area contributed by atoms with Gasteiger partial charge in [0.1, 0.15) is 11.9 Å². The Morgan fingerprint density at radius 3 is 2.50 bits per heavy atom. The van der Waals surface area contributed by atoms with Gasteiger partial charge in [0, 0.05) is 25.3 Å². The standard InChI is InChI=1S/C28H38O8/c1-22-13-7-3-2-4-8-14-23(29)21-24(30)15-9-5-10-16-25(36-28(34)20-19-26(31)32)17-11-6-12-18-27(33)35-22/h2,4-6,9-12,16,18,22,24-25,30H,3,7-8,13-15,17,19-21H2,1H3,(H,31,32)/b4-2+,9-5-,11-6+,16-10+,18-12-/t22-,24-,25+/m0/s1. The molecule has 0 aliphatic carbocycles. The lowest BCUT2D eigenvalue weighted by Gasteiger charge is -2.12. The van der Waals surface area contributed by atoms with Gasteiger partial charge in [0.25, 0.3) is 0 Å². The minimum atomic E-state index is -1.08. The lowest BCUT2D eigenvalue weighted by molar-refractivity contribution is -0.150. The summed E-state index contributed by atoms with van der Waals surface area (Å²) in [6, 6.07) is 0. The number of carboxylic acids is 1. The Kier molecular flexibility index (Phi) is 16.2. The second-order valence-corrected chi connectivity index (χ2v) is 8.58. The molecule has 0 fully saturated rings. The number of ketones is 1. The van der Waals surface area contributed by atoms with Gasteiger partial charge in [-0.15, -0.1) is 0 Å². The molecule has 36 heavy (non-hydrogen) atoms. The van der Waals surface area contributed by atoms with Crippen molar-refractivity contribution >= 4 is 23.7 Å². The molecule has 8 nitrogen and oxygen atoms in total. The Labute approximate surface area is 213 Å². The number of carbonyl (C=O) groups excluding carboxylic acids is 3. The molecule has 0 spiro atoms. The quantitative estimate of drug-likeness (QED) is 0.424. The average Bonchev–Trinajstić information content (AvgIpc) is 2.80. The fourth-order valence-electron chi connectivity index (χ4n) is 3.28. The number of ether oxygens (including phenoxy) is 2. The van der Waals surface area contributed by atoms with Crippen molar-refractivity contribution in [1.82, 2.24) is 0 Å². The fraction of sp³-hybridized carbons (Fsp3) is 0.500. The summed E-state index contributed by atoms with van der Waals surface area (Å²) < 4.78 is 10.7. The van der Waals surface area contributed by atoms with Crippen LogP contribution in [0.25, 0.3) is 0 Å². The van der Waals surface area contributed by atoms with Gasteiger partial charge in [0.2, 0.25) is 0 Å². The third-order valence-electron chi connectivity index (χ3n) is 5.17. The molecule has 1 rings (SSSR count). The predicted molar refractivity (Wildman–Crippen MR) is 136 cm³/mol. The first-order valence-corrected chi connectivity index (χ1v) is 12.4. The highest BCUT2D eigenvalue weighted by Crippen LogP contribution is 2.10. The van der Waals surface area contributed by atoms with Gasteiger partial charge in [0.05, 0.1) is 25.0 Å². The molecule has 2 N–H and O–H groups in total. The summed E-state index contributed by atoms with van der Waals surface area (Å²) in [5, 5.41) is 18.8. The number of aliphatic carboxylic acids is 1. The topological polar surface area (TPSA) is 127 Å². The molecule has 0 aromatic carbocycles. The van der Waals surface area contributed by atoms with E-state index >= 15 is 0 Å². The Bertz CT molecular complexity index is 850. The number of rotatable bonds is 4. The van der Waals surface area contributed by atoms with Crippen molar-refractivity contribution in [3.05, 3.63) is 60.8 Å². The Hall–Kier alpha value is -3.26. The average molecular weight is 503 g/mol. The van der Waals surface area contributed by atoms with E-state index in [2.05, 4.69) is 0 Å². The zero-order chi connectivity index (χ0) is 26.6. The van der Waals surface area contributed by atoms with Crippen LogP contribution >= 0.6 is 0 Å². The SMILES string of the molecule is C[C@H]1CCC/C=C/CCC(=O)C[C@@H](O)C/C=C\C=C\[C@@H](OC(=O)CCC(=O)O)C/C=C/C=C\C(=O)O1. The fourth-order valence-corrected chi connectivity index (χ4v) is 3.28. The first-order valence-electron chi connectivity index (χ1n) is 12.4. The van der Waals surface area contributed by atoms with Crippen LogP contribution in [0.3, 0.4) is 0 Å². The third kappa shape index (κ3) is 17.2. The molecule has 3 atom stereocenters. The van der Waals surface area contributed by atoms with Crippen molar-refractivity contribution in [1.29, 1.82) is 0 Å². The lowest BCUT2D eigenvalue weighted by atomic mass is 10.1. The van der Waals surface area contributed by atoms with Crippen molar-refractivity contribution in [2.24, 2.45) is 0 Å². The summed E-state index contributed by atoms with van der Waals surface area (Å²) in [7, 11) is 0. The third-order valence-corrected chi connectivity index (χ3v) is 5.17. The molecule has 1 aliphatic rings. The summed E-state index contributed by atoms with van der Waals surface area (Å²) in [5.74, 6) is -2.16. The molecule has 0 bridgehead atoms. The maximum Gasteiger partial charge on any atom is 0.331 e. The molecule has 0 saturated heterocycles. The molecule has 198 valence electrons. The predicted octanol–water partition coefficient (Wildman–Crippen LogP) is 4.54. The number of cyclic esters (lactones) is 1. The Morgan fingerprint density at radius 2 is 1.72 bits per heavy atom. The highest BCUT2D eigenvalue weighted by molar-refractivity contribution is 5.82. The molecule has 0 radical (unpaired) electrons. The molecule has 0 aromatic heterocycles. The van der Waals surface area contributed by atoms with Crippen molar-refractivity contribution in [2.75, 3.05) is 0 Å². The van der Waals surface area contributed by atoms with E-state index in [0.717, 1.165) is 19.3 Å². The lowest BCUT2D eigenvalue weighted by Crippen LogP contribution is -2.16. The van der Waals surface area contributed by atoms with Crippen LogP contribution in [0.15, 0.2) is 60.8 Å². The minimum Gasteiger partial charge on any atom is -0.481 e. The van der Waals surface area contributed by atoms with Gasteiger partial charge in [-0.1, -0.05) is 48.6 Å². The smallest absolute Gasteiger partial charge is 0.331 e. The second-order valence-electron chi connectivity index (χ2n) is 8.58. The van der Waals surface area contributed by atoms with Gasteiger partial charge < -0.3 is 19.7 Å². The number of hydrogen-bond acceptors (Lipinski definition) is 7. The van der Waals surface area contributed by atoms with Crippen molar-refractivity contribution < 1.29 is 38.9 Å². The van der Waals surface area contributed by atoms with E-state index < -0.39 is 30.1 Å². The van der Waals surface area contributed by atoms with E-state index in [4.69, 9.17) is 14.6 Å². The van der Waals surface area contributed by atoms with Gasteiger partial charge in [0.15, 0.2) is 0 Å². The molecule has 1 heterocycles. The molecule has 0 saturated carbocycles. The van der Waals surface area contributed by atoms with Crippen LogP contribution in [0, 0.1) is 0 Å². The Balaban J connectivity index is 2.83. The molecule has 0 amide bonds. The van der Waals surface area contributed by atoms with Gasteiger partial charge in [-0.3, -0.25) is 14.4 Å². The van der Waals surface area contributed by atoms with E-state index in [9.17, 15) is 24.3 Å². The highest BCUT2D eigenvalue weighted by atomic mass is 16.5. The number of aliphatic hydroxyl groups excluding tert-OH is 1. The number of carboxylic acid groups (broad SMARTS) is 1. The van der Waals surface area contributed by atoms with E-state index in [1.807, 2.05) is 19.1 Å². The van der Waals surface area contributed by atoms with Crippen molar-refractivity contribution in [3.8, 4) is 0 Å². The highest BCUT2D eigenvalue weighted by Gasteiger charge is 2.12. The van der Waals surface area contributed by atoms with E-state index in [1.165, 1.54) is 6.08 Å². The summed E-state index contributed by atoms with van der Waals surface area (Å²) >= 11 is 0. The van der Waals surface area contributed by atoms with Crippen LogP contribution in [0.2, 0.25) is 0 Å². The largest absolute Gasteiger partial charge is 0.481 e. The number of allylic oxidation sites excluding steroid dienone is 6. The van der Waals surface area contributed by atoms with Crippen molar-refractivity contribution in [2.45, 2.75) is 89.4 Å². The molecule has 8 heteroatoms. The van der Waals surface area contributed by atoms with E-state index in [-0.39, 0.29) is 31.1 Å². The minimum absolute atomic E-state index is 0.000683. The number of Topliss-reactive ketones (excluding diaryl/α,β-unsaturated/α-hetero) is 1. The first-order chi connectivity index (χ1) is 17.3. The summed E-state index contributed by atoms with van der Waals surface area (Å²) in [6.45, 7) is 1.84. The maximum absolute atomic E-state index is 12.0. The zero-order valence-corrected chi connectivity index (χ0v) is 20.9. The second kappa shape index (κ2) is 19.0. The van der Waals surface area contributed by atoms with E-state index in [0.29, 0.717) is 25.7 Å². The van der Waals surface area contributed by atoms with Crippen LogP contribution in [-0.2, 0) is 28.7 Å². The normalized spacial score (nSPS) is 28.0. The Morgan fingerprint density at radius 1 is 1.00 bits per heavy atom. The van der Waals surface area contributed by atoms with Crippen LogP contribution in [-0.4, -0.2) is 52.2 Å². The van der Waals surface area contributed by atoms with E-state index in [1.54, 1.807) is 42.5 Å². The molecule has 0 aromatic rings. The zero-order valence-electron chi connectivity index (χ0n) is 20.9. The summed E-state index contributed by atoms with van der Waals surface area (Å²) in [4.78, 5) is 46.6. The molecular weight excluding hydrogens is 464 g/mol. The number of carbonyl (C=O) groups is 4. The number of aliphatic hydroxyl groups is 1. The summed E-state index contributed by atoms with van der Waals surface area (Å²) in [6.07, 6.45) is 18.9. The molecule has 0 unspecified atom stereocenters. The number of esters is 2. The van der Waals surface area contributed by atoms with Gasteiger partial charge in [-0.05, 0) is 45.1 Å². The molecular formula is C28H38O8. The van der Waals surface area contributed by atoms with Gasteiger partial charge >= 0.3 is 17.9 Å². The van der Waals surface area contributed by atoms with Crippen LogP contribution < -0.4 is 0 Å². The number of hydrogen-bond donors (Lipinski definition) is 2. The van der Waals surface area contributed by atoms with Crippen LogP contribution in [0.1, 0.15) is 71.1 Å². The van der Waals surface area contributed by atoms with Crippen molar-refractivity contribution in [3.63, 3.8) is 0 Å². The first kappa shape index (κ1) is 30.8. The summed E-state index contributed by atoms with van der Waals surface area (Å²) in [5.41, 5.74) is 0. The van der Waals surface area contributed by atoms with Crippen LogP contribution in [0.5, 0.6) is 0 Å². The maximum atomic E-state index is 12.0. The monoisotopic (exact) mass is 502 g/mol. The van der Waals surface area contributed by atoms with Gasteiger partial charge in [-0.2, -0.15) is 0 Å². The van der Waals surface area contributed by atoms with Gasteiger partial charge in [-0.25, -0.2) is 4.79 Å². The van der Waals surface area contributed by atoms with Crippen LogP contribution in [0.4, 0.5) is 0 Å². The molecule has 1 aliphatic heterocycles.